The first-order valence-corrected chi connectivity index (χ1v) is 5.95. The van der Waals surface area contributed by atoms with Gasteiger partial charge in [-0.3, -0.25) is 5.10 Å². The minimum Gasteiger partial charge on any atom is -0.494 e. The average molecular weight is 247 g/mol. The fourth-order valence-corrected chi connectivity index (χ4v) is 1.73. The molecule has 1 heterocycles. The Morgan fingerprint density at radius 2 is 1.94 bits per heavy atom. The van der Waals surface area contributed by atoms with Gasteiger partial charge < -0.3 is 15.2 Å². The van der Waals surface area contributed by atoms with E-state index >= 15 is 0 Å². The summed E-state index contributed by atoms with van der Waals surface area (Å²) in [6, 6.07) is 7.47. The predicted octanol–water partition coefficient (Wildman–Crippen LogP) is 2.46. The number of rotatable bonds is 5. The monoisotopic (exact) mass is 247 g/mol. The minimum atomic E-state index is 0.453. The second kappa shape index (κ2) is 5.44. The van der Waals surface area contributed by atoms with Gasteiger partial charge in [0.05, 0.1) is 18.9 Å². The molecule has 0 saturated heterocycles. The normalized spacial score (nSPS) is 10.3. The summed E-state index contributed by atoms with van der Waals surface area (Å²) in [5.41, 5.74) is 7.33. The number of nitrogens with zero attached hydrogens (tertiary/aromatic N) is 1. The van der Waals surface area contributed by atoms with E-state index in [1.54, 1.807) is 6.07 Å². The minimum absolute atomic E-state index is 0.453. The molecule has 5 heteroatoms. The maximum Gasteiger partial charge on any atom is 0.145 e. The Labute approximate surface area is 106 Å². The molecule has 0 bridgehead atoms. The van der Waals surface area contributed by atoms with Crippen molar-refractivity contribution in [3.05, 3.63) is 24.3 Å². The Kier molecular flexibility index (Phi) is 3.72. The molecule has 0 fully saturated rings. The summed E-state index contributed by atoms with van der Waals surface area (Å²) in [5.74, 6) is 2.03. The SMILES string of the molecule is CCOc1ccc(OCC)c(-c2cc(N)n[nH]2)c1. The Bertz CT molecular complexity index is 523. The van der Waals surface area contributed by atoms with Crippen LogP contribution < -0.4 is 15.2 Å². The molecular weight excluding hydrogens is 230 g/mol. The van der Waals surface area contributed by atoms with Gasteiger partial charge in [0.25, 0.3) is 0 Å². The summed E-state index contributed by atoms with van der Waals surface area (Å²) in [6.45, 7) is 5.12. The molecule has 0 atom stereocenters. The van der Waals surface area contributed by atoms with Crippen LogP contribution in [-0.2, 0) is 0 Å². The van der Waals surface area contributed by atoms with Crippen LogP contribution in [0.5, 0.6) is 11.5 Å². The number of benzene rings is 1. The van der Waals surface area contributed by atoms with Gasteiger partial charge in [-0.15, -0.1) is 0 Å². The number of ether oxygens (including phenoxy) is 2. The van der Waals surface area contributed by atoms with Crippen LogP contribution in [0.4, 0.5) is 5.82 Å². The zero-order valence-corrected chi connectivity index (χ0v) is 10.6. The van der Waals surface area contributed by atoms with Gasteiger partial charge in [-0.05, 0) is 32.0 Å². The van der Waals surface area contributed by atoms with E-state index in [0.717, 1.165) is 22.8 Å². The van der Waals surface area contributed by atoms with Crippen molar-refractivity contribution in [1.82, 2.24) is 10.2 Å². The molecule has 96 valence electrons. The maximum atomic E-state index is 5.62. The highest BCUT2D eigenvalue weighted by Gasteiger charge is 2.10. The third-order valence-electron chi connectivity index (χ3n) is 2.45. The van der Waals surface area contributed by atoms with Crippen LogP contribution in [-0.4, -0.2) is 23.4 Å². The summed E-state index contributed by atoms with van der Waals surface area (Å²) >= 11 is 0. The van der Waals surface area contributed by atoms with Gasteiger partial charge in [0.1, 0.15) is 17.3 Å². The lowest BCUT2D eigenvalue weighted by molar-refractivity contribution is 0.331. The second-order valence-electron chi connectivity index (χ2n) is 3.73. The Morgan fingerprint density at radius 1 is 1.17 bits per heavy atom. The summed E-state index contributed by atoms with van der Waals surface area (Å²) in [6.07, 6.45) is 0. The van der Waals surface area contributed by atoms with E-state index < -0.39 is 0 Å². The molecule has 3 N–H and O–H groups in total. The first-order valence-electron chi connectivity index (χ1n) is 5.95. The quantitative estimate of drug-likeness (QED) is 0.851. The van der Waals surface area contributed by atoms with Crippen LogP contribution in [0.2, 0.25) is 0 Å². The number of aromatic nitrogens is 2. The molecule has 2 aromatic rings. The van der Waals surface area contributed by atoms with Gasteiger partial charge in [-0.2, -0.15) is 5.10 Å². The van der Waals surface area contributed by atoms with Gasteiger partial charge in [0, 0.05) is 11.6 Å². The Hall–Kier alpha value is -2.17. The van der Waals surface area contributed by atoms with Gasteiger partial charge >= 0.3 is 0 Å². The number of hydrogen-bond donors (Lipinski definition) is 2. The van der Waals surface area contributed by atoms with Crippen LogP contribution >= 0.6 is 0 Å². The standard InChI is InChI=1S/C13H17N3O2/c1-3-17-9-5-6-12(18-4-2)10(7-9)11-8-13(14)16-15-11/h5-8H,3-4H2,1-2H3,(H3,14,15,16). The molecular formula is C13H17N3O2. The van der Waals surface area contributed by atoms with Gasteiger partial charge in [-0.1, -0.05) is 0 Å². The molecule has 0 radical (unpaired) electrons. The zero-order valence-electron chi connectivity index (χ0n) is 10.6. The summed E-state index contributed by atoms with van der Waals surface area (Å²) in [5, 5.41) is 6.81. The number of nitrogen functional groups attached to an aromatic ring is 1. The summed E-state index contributed by atoms with van der Waals surface area (Å²) in [7, 11) is 0. The van der Waals surface area contributed by atoms with Crippen LogP contribution in [0.15, 0.2) is 24.3 Å². The van der Waals surface area contributed by atoms with E-state index in [-0.39, 0.29) is 0 Å². The molecule has 0 aliphatic carbocycles. The number of nitrogens with two attached hydrogens (primary N) is 1. The van der Waals surface area contributed by atoms with E-state index in [1.807, 2.05) is 32.0 Å². The van der Waals surface area contributed by atoms with Crippen molar-refractivity contribution in [2.24, 2.45) is 0 Å². The van der Waals surface area contributed by atoms with Crippen LogP contribution in [0, 0.1) is 0 Å². The largest absolute Gasteiger partial charge is 0.494 e. The maximum absolute atomic E-state index is 5.62. The fourth-order valence-electron chi connectivity index (χ4n) is 1.73. The molecule has 1 aromatic carbocycles. The van der Waals surface area contributed by atoms with Crippen molar-refractivity contribution in [3.8, 4) is 22.8 Å². The highest BCUT2D eigenvalue weighted by molar-refractivity contribution is 5.70. The van der Waals surface area contributed by atoms with E-state index in [2.05, 4.69) is 10.2 Å². The van der Waals surface area contributed by atoms with Crippen LogP contribution in [0.1, 0.15) is 13.8 Å². The topological polar surface area (TPSA) is 73.2 Å². The zero-order chi connectivity index (χ0) is 13.0. The number of hydrogen-bond acceptors (Lipinski definition) is 4. The van der Waals surface area contributed by atoms with E-state index in [1.165, 1.54) is 0 Å². The van der Waals surface area contributed by atoms with Crippen molar-refractivity contribution < 1.29 is 9.47 Å². The van der Waals surface area contributed by atoms with Crippen LogP contribution in [0.3, 0.4) is 0 Å². The van der Waals surface area contributed by atoms with Gasteiger partial charge in [-0.25, -0.2) is 0 Å². The summed E-state index contributed by atoms with van der Waals surface area (Å²) < 4.78 is 11.1. The van der Waals surface area contributed by atoms with Crippen molar-refractivity contribution >= 4 is 5.82 Å². The lowest BCUT2D eigenvalue weighted by Crippen LogP contribution is -1.96. The fraction of sp³-hybridized carbons (Fsp3) is 0.308. The highest BCUT2D eigenvalue weighted by atomic mass is 16.5. The number of anilines is 1. The Morgan fingerprint density at radius 3 is 2.56 bits per heavy atom. The molecule has 18 heavy (non-hydrogen) atoms. The average Bonchev–Trinajstić information content (AvgIpc) is 2.78. The van der Waals surface area contributed by atoms with Crippen molar-refractivity contribution in [2.75, 3.05) is 18.9 Å². The van der Waals surface area contributed by atoms with Gasteiger partial charge in [0.15, 0.2) is 0 Å². The Balaban J connectivity index is 2.43. The van der Waals surface area contributed by atoms with Crippen molar-refractivity contribution in [2.45, 2.75) is 13.8 Å². The first-order chi connectivity index (χ1) is 8.74. The van der Waals surface area contributed by atoms with E-state index in [9.17, 15) is 0 Å². The first kappa shape index (κ1) is 12.3. The van der Waals surface area contributed by atoms with Crippen molar-refractivity contribution in [1.29, 1.82) is 0 Å². The molecule has 1 aromatic heterocycles. The molecule has 0 amide bonds. The van der Waals surface area contributed by atoms with E-state index in [0.29, 0.717) is 19.0 Å². The molecule has 0 aliphatic rings. The molecule has 0 aliphatic heterocycles. The number of H-pyrrole nitrogens is 1. The molecule has 5 nitrogen and oxygen atoms in total. The molecule has 0 saturated carbocycles. The van der Waals surface area contributed by atoms with Crippen LogP contribution in [0.25, 0.3) is 11.3 Å². The third-order valence-corrected chi connectivity index (χ3v) is 2.45. The molecule has 2 rings (SSSR count). The smallest absolute Gasteiger partial charge is 0.145 e. The van der Waals surface area contributed by atoms with Crippen molar-refractivity contribution in [3.63, 3.8) is 0 Å². The third kappa shape index (κ3) is 2.56. The molecule has 0 spiro atoms. The summed E-state index contributed by atoms with van der Waals surface area (Å²) in [4.78, 5) is 0. The second-order valence-corrected chi connectivity index (χ2v) is 3.73. The van der Waals surface area contributed by atoms with Gasteiger partial charge in [0.2, 0.25) is 0 Å². The number of aromatic amines is 1. The van der Waals surface area contributed by atoms with E-state index in [4.69, 9.17) is 15.2 Å². The lowest BCUT2D eigenvalue weighted by atomic mass is 10.1. The molecule has 0 unspecified atom stereocenters. The lowest BCUT2D eigenvalue weighted by Gasteiger charge is -2.11. The number of nitrogens with one attached hydrogen (secondary N) is 1. The highest BCUT2D eigenvalue weighted by Crippen LogP contribution is 2.33. The predicted molar refractivity (Wildman–Crippen MR) is 70.8 cm³/mol.